The van der Waals surface area contributed by atoms with Crippen molar-refractivity contribution in [1.82, 2.24) is 15.3 Å². The number of hydrogen-bond donors (Lipinski definition) is 2. The number of carbonyl (C=O) groups excluding carboxylic acids is 1. The van der Waals surface area contributed by atoms with E-state index in [4.69, 9.17) is 11.6 Å². The maximum Gasteiger partial charge on any atom is 0.251 e. The Balaban J connectivity index is 0.00000280. The predicted octanol–water partition coefficient (Wildman–Crippen LogP) is 3.91. The van der Waals surface area contributed by atoms with Gasteiger partial charge in [0.2, 0.25) is 5.95 Å². The van der Waals surface area contributed by atoms with E-state index in [9.17, 15) is 9.18 Å². The average Bonchev–Trinajstić information content (AvgIpc) is 2.65. The second-order valence-electron chi connectivity index (χ2n) is 6.93. The molecule has 0 bridgehead atoms. The molecule has 1 fully saturated rings. The number of carbonyl (C=O) groups is 1. The lowest BCUT2D eigenvalue weighted by atomic mass is 9.91. The van der Waals surface area contributed by atoms with E-state index >= 15 is 0 Å². The number of benzene rings is 1. The zero-order chi connectivity index (χ0) is 19.4. The van der Waals surface area contributed by atoms with Crippen molar-refractivity contribution in [3.8, 4) is 0 Å². The van der Waals surface area contributed by atoms with Crippen LogP contribution < -0.4 is 15.5 Å². The largest absolute Gasteiger partial charge is 0.363 e. The molecule has 1 amide bonds. The monoisotopic (exact) mass is 427 g/mol. The van der Waals surface area contributed by atoms with Crippen molar-refractivity contribution in [2.45, 2.75) is 37.8 Å². The van der Waals surface area contributed by atoms with E-state index in [1.54, 1.807) is 6.20 Å². The third-order valence-electron chi connectivity index (χ3n) is 4.68. The number of anilines is 2. The lowest BCUT2D eigenvalue weighted by Gasteiger charge is -2.29. The highest BCUT2D eigenvalue weighted by Crippen LogP contribution is 2.22. The fourth-order valence-electron chi connectivity index (χ4n) is 3.14. The van der Waals surface area contributed by atoms with E-state index in [0.29, 0.717) is 5.95 Å². The highest BCUT2D eigenvalue weighted by Gasteiger charge is 2.23. The molecule has 1 saturated carbocycles. The molecule has 9 heteroatoms. The molecule has 28 heavy (non-hydrogen) atoms. The van der Waals surface area contributed by atoms with Crippen LogP contribution in [0.4, 0.5) is 16.2 Å². The molecule has 0 spiro atoms. The Hall–Kier alpha value is -2.12. The van der Waals surface area contributed by atoms with Crippen LogP contribution in [0.25, 0.3) is 0 Å². The lowest BCUT2D eigenvalue weighted by molar-refractivity contribution is 0.0926. The molecule has 0 radical (unpaired) electrons. The van der Waals surface area contributed by atoms with Crippen molar-refractivity contribution < 1.29 is 9.18 Å². The van der Waals surface area contributed by atoms with Crippen LogP contribution in [0.15, 0.2) is 30.5 Å². The second kappa shape index (κ2) is 9.89. The third-order valence-corrected chi connectivity index (χ3v) is 4.98. The molecule has 0 unspecified atom stereocenters. The third kappa shape index (κ3) is 5.69. The first-order chi connectivity index (χ1) is 12.9. The van der Waals surface area contributed by atoms with E-state index in [-0.39, 0.29) is 41.0 Å². The summed E-state index contributed by atoms with van der Waals surface area (Å²) in [6, 6.07) is 6.29. The molecule has 0 atom stereocenters. The normalized spacial score (nSPS) is 18.7. The summed E-state index contributed by atoms with van der Waals surface area (Å²) >= 11 is 5.66. The number of nitrogens with one attached hydrogen (secondary N) is 2. The highest BCUT2D eigenvalue weighted by atomic mass is 35.5. The van der Waals surface area contributed by atoms with E-state index in [2.05, 4.69) is 20.6 Å². The first kappa shape index (κ1) is 22.2. The standard InChI is InChI=1S/C19H23ClFN5O.ClH/c1-26(2)17-9-10-22-19(25-17)24-14-6-4-13(5-7-14)23-18(27)12-3-8-15(20)16(21)11-12;/h3,8-11,13-14H,4-7H2,1-2H3,(H,23,27)(H,22,24,25);1H. The number of nitrogens with zero attached hydrogens (tertiary/aromatic N) is 3. The molecule has 6 nitrogen and oxygen atoms in total. The molecule has 2 aromatic rings. The van der Waals surface area contributed by atoms with Gasteiger partial charge in [0.25, 0.3) is 5.91 Å². The minimum atomic E-state index is -0.586. The van der Waals surface area contributed by atoms with Gasteiger partial charge in [-0.15, -0.1) is 12.4 Å². The molecule has 1 aliphatic carbocycles. The Bertz CT molecular complexity index is 813. The summed E-state index contributed by atoms with van der Waals surface area (Å²) in [5.74, 6) is 0.607. The predicted molar refractivity (Wildman–Crippen MR) is 112 cm³/mol. The zero-order valence-electron chi connectivity index (χ0n) is 15.8. The van der Waals surface area contributed by atoms with Crippen molar-refractivity contribution in [1.29, 1.82) is 0 Å². The van der Waals surface area contributed by atoms with Crippen molar-refractivity contribution >= 4 is 41.7 Å². The van der Waals surface area contributed by atoms with Gasteiger partial charge in [0.05, 0.1) is 5.02 Å². The van der Waals surface area contributed by atoms with E-state index in [0.717, 1.165) is 31.5 Å². The summed E-state index contributed by atoms with van der Waals surface area (Å²) in [5, 5.41) is 6.36. The van der Waals surface area contributed by atoms with Crippen LogP contribution in [-0.2, 0) is 0 Å². The SMILES string of the molecule is CN(C)c1ccnc(NC2CCC(NC(=O)c3ccc(Cl)c(F)c3)CC2)n1.Cl. The number of halogens is 3. The molecule has 0 aliphatic heterocycles. The van der Waals surface area contributed by atoms with Gasteiger partial charge >= 0.3 is 0 Å². The topological polar surface area (TPSA) is 70.2 Å². The summed E-state index contributed by atoms with van der Waals surface area (Å²) in [6.45, 7) is 0. The van der Waals surface area contributed by atoms with Crippen LogP contribution in [0.3, 0.4) is 0 Å². The molecular weight excluding hydrogens is 404 g/mol. The van der Waals surface area contributed by atoms with E-state index < -0.39 is 5.82 Å². The molecule has 1 heterocycles. The summed E-state index contributed by atoms with van der Waals surface area (Å²) in [4.78, 5) is 23.0. The zero-order valence-corrected chi connectivity index (χ0v) is 17.4. The van der Waals surface area contributed by atoms with Gasteiger partial charge in [-0.05, 0) is 49.9 Å². The summed E-state index contributed by atoms with van der Waals surface area (Å²) < 4.78 is 13.5. The minimum absolute atomic E-state index is 0. The molecule has 0 saturated heterocycles. The Morgan fingerprint density at radius 2 is 1.86 bits per heavy atom. The van der Waals surface area contributed by atoms with Crippen LogP contribution in [0.5, 0.6) is 0 Å². The summed E-state index contributed by atoms with van der Waals surface area (Å²) in [7, 11) is 3.87. The maximum absolute atomic E-state index is 13.5. The van der Waals surface area contributed by atoms with Crippen LogP contribution in [0.1, 0.15) is 36.0 Å². The Morgan fingerprint density at radius 3 is 2.50 bits per heavy atom. The first-order valence-electron chi connectivity index (χ1n) is 8.95. The van der Waals surface area contributed by atoms with Gasteiger partial charge < -0.3 is 15.5 Å². The highest BCUT2D eigenvalue weighted by molar-refractivity contribution is 6.30. The second-order valence-corrected chi connectivity index (χ2v) is 7.34. The van der Waals surface area contributed by atoms with Crippen molar-refractivity contribution in [2.24, 2.45) is 0 Å². The number of hydrogen-bond acceptors (Lipinski definition) is 5. The van der Waals surface area contributed by atoms with E-state index in [1.165, 1.54) is 18.2 Å². The first-order valence-corrected chi connectivity index (χ1v) is 9.33. The molecule has 1 aromatic carbocycles. The van der Waals surface area contributed by atoms with Gasteiger partial charge in [0.1, 0.15) is 11.6 Å². The Labute approximate surface area is 175 Å². The fourth-order valence-corrected chi connectivity index (χ4v) is 3.26. The number of amides is 1. The van der Waals surface area contributed by atoms with Gasteiger partial charge in [0, 0.05) is 37.9 Å². The Kier molecular flexibility index (Phi) is 7.83. The molecule has 3 rings (SSSR count). The van der Waals surface area contributed by atoms with Gasteiger partial charge in [-0.1, -0.05) is 11.6 Å². The Morgan fingerprint density at radius 1 is 1.18 bits per heavy atom. The van der Waals surface area contributed by atoms with Gasteiger partial charge in [0.15, 0.2) is 0 Å². The number of rotatable bonds is 5. The van der Waals surface area contributed by atoms with Crippen LogP contribution in [-0.4, -0.2) is 42.1 Å². The lowest BCUT2D eigenvalue weighted by Crippen LogP contribution is -2.40. The quantitative estimate of drug-likeness (QED) is 0.756. The van der Waals surface area contributed by atoms with Gasteiger partial charge in [-0.2, -0.15) is 4.98 Å². The molecule has 152 valence electrons. The maximum atomic E-state index is 13.5. The number of aromatic nitrogens is 2. The average molecular weight is 428 g/mol. The van der Waals surface area contributed by atoms with E-state index in [1.807, 2.05) is 25.1 Å². The van der Waals surface area contributed by atoms with Crippen molar-refractivity contribution in [3.05, 3.63) is 46.9 Å². The van der Waals surface area contributed by atoms with Crippen LogP contribution in [0.2, 0.25) is 5.02 Å². The summed E-state index contributed by atoms with van der Waals surface area (Å²) in [5.41, 5.74) is 0.283. The molecule has 1 aromatic heterocycles. The molecule has 1 aliphatic rings. The fraction of sp³-hybridized carbons (Fsp3) is 0.421. The van der Waals surface area contributed by atoms with Gasteiger partial charge in [-0.3, -0.25) is 4.79 Å². The smallest absolute Gasteiger partial charge is 0.251 e. The minimum Gasteiger partial charge on any atom is -0.363 e. The van der Waals surface area contributed by atoms with Crippen molar-refractivity contribution in [3.63, 3.8) is 0 Å². The summed E-state index contributed by atoms with van der Waals surface area (Å²) in [6.07, 6.45) is 5.21. The van der Waals surface area contributed by atoms with Crippen LogP contribution >= 0.6 is 24.0 Å². The van der Waals surface area contributed by atoms with Crippen molar-refractivity contribution in [2.75, 3.05) is 24.3 Å². The molecule has 2 N–H and O–H groups in total. The van der Waals surface area contributed by atoms with Gasteiger partial charge in [-0.25, -0.2) is 9.37 Å². The molecular formula is C19H24Cl2FN5O. The van der Waals surface area contributed by atoms with Crippen LogP contribution in [0, 0.1) is 5.82 Å².